The summed E-state index contributed by atoms with van der Waals surface area (Å²) in [4.78, 5) is 13.7. The van der Waals surface area contributed by atoms with E-state index < -0.39 is 0 Å². The van der Waals surface area contributed by atoms with Crippen molar-refractivity contribution in [2.24, 2.45) is 5.10 Å². The number of nitrogens with zero attached hydrogens (tertiary/aromatic N) is 2. The number of hydrazone groups is 1. The first-order valence-electron chi connectivity index (χ1n) is 6.52. The topological polar surface area (TPSA) is 53.9 Å². The fourth-order valence-electron chi connectivity index (χ4n) is 1.99. The quantitative estimate of drug-likeness (QED) is 0.528. The first kappa shape index (κ1) is 14.8. The number of halogens is 1. The van der Waals surface area contributed by atoms with Crippen LogP contribution in [0, 0.1) is 6.92 Å². The van der Waals surface area contributed by atoms with E-state index in [0.717, 1.165) is 11.3 Å². The van der Waals surface area contributed by atoms with E-state index in [0.29, 0.717) is 37.2 Å². The highest BCUT2D eigenvalue weighted by molar-refractivity contribution is 6.38. The van der Waals surface area contributed by atoms with Crippen molar-refractivity contribution in [3.05, 3.63) is 28.8 Å². The molecule has 6 heteroatoms. The van der Waals surface area contributed by atoms with Gasteiger partial charge in [0, 0.05) is 25.0 Å². The molecule has 1 N–H and O–H groups in total. The Morgan fingerprint density at radius 3 is 2.75 bits per heavy atom. The molecular formula is C14H18ClN3O2. The Kier molecular flexibility index (Phi) is 4.98. The minimum atomic E-state index is -0.0703. The zero-order chi connectivity index (χ0) is 14.5. The van der Waals surface area contributed by atoms with Crippen molar-refractivity contribution in [3.8, 4) is 0 Å². The molecule has 20 heavy (non-hydrogen) atoms. The maximum atomic E-state index is 11.7. The Morgan fingerprint density at radius 1 is 1.40 bits per heavy atom. The van der Waals surface area contributed by atoms with E-state index in [1.165, 1.54) is 6.92 Å². The van der Waals surface area contributed by atoms with Gasteiger partial charge in [-0.3, -0.25) is 10.2 Å². The van der Waals surface area contributed by atoms with Crippen LogP contribution in [0.1, 0.15) is 12.5 Å². The molecule has 1 aliphatic rings. The van der Waals surface area contributed by atoms with Gasteiger partial charge in [0.25, 0.3) is 0 Å². The summed E-state index contributed by atoms with van der Waals surface area (Å²) in [6.07, 6.45) is 0. The summed E-state index contributed by atoms with van der Waals surface area (Å²) >= 11 is 6.06. The average Bonchev–Trinajstić information content (AvgIpc) is 2.44. The van der Waals surface area contributed by atoms with Crippen LogP contribution in [0.4, 0.5) is 5.69 Å². The van der Waals surface area contributed by atoms with E-state index in [2.05, 4.69) is 10.5 Å². The second kappa shape index (κ2) is 6.72. The predicted molar refractivity (Wildman–Crippen MR) is 80.3 cm³/mol. The Bertz CT molecular complexity index is 525. The molecule has 0 atom stereocenters. The third-order valence-corrected chi connectivity index (χ3v) is 3.58. The maximum absolute atomic E-state index is 11.7. The van der Waals surface area contributed by atoms with Crippen LogP contribution in [-0.2, 0) is 9.53 Å². The molecule has 2 rings (SSSR count). The standard InChI is InChI=1S/C14H18ClN3O2/c1-10-12(15)4-3-5-13(10)16-17-14(11(2)19)18-6-8-20-9-7-18/h3-5,16H,6-9H2,1-2H3/b17-14+. The number of amidine groups is 1. The third-order valence-electron chi connectivity index (χ3n) is 3.18. The summed E-state index contributed by atoms with van der Waals surface area (Å²) in [6, 6.07) is 5.54. The van der Waals surface area contributed by atoms with Crippen LogP contribution in [0.5, 0.6) is 0 Å². The van der Waals surface area contributed by atoms with Crippen molar-refractivity contribution in [2.45, 2.75) is 13.8 Å². The lowest BCUT2D eigenvalue weighted by molar-refractivity contribution is -0.112. The Balaban J connectivity index is 2.17. The van der Waals surface area contributed by atoms with Gasteiger partial charge >= 0.3 is 0 Å². The fraction of sp³-hybridized carbons (Fsp3) is 0.429. The highest BCUT2D eigenvalue weighted by atomic mass is 35.5. The minimum Gasteiger partial charge on any atom is -0.378 e. The molecule has 0 aliphatic carbocycles. The number of benzene rings is 1. The molecule has 1 aromatic rings. The number of hydrogen-bond donors (Lipinski definition) is 1. The van der Waals surface area contributed by atoms with E-state index in [-0.39, 0.29) is 5.78 Å². The van der Waals surface area contributed by atoms with Crippen molar-refractivity contribution in [3.63, 3.8) is 0 Å². The molecule has 0 spiro atoms. The van der Waals surface area contributed by atoms with Crippen LogP contribution in [0.15, 0.2) is 23.3 Å². The van der Waals surface area contributed by atoms with E-state index in [9.17, 15) is 4.79 Å². The SMILES string of the molecule is CC(=O)/C(=N\Nc1cccc(Cl)c1C)N1CCOCC1. The predicted octanol–water partition coefficient (Wildman–Crippen LogP) is 2.30. The van der Waals surface area contributed by atoms with E-state index >= 15 is 0 Å². The molecule has 0 bridgehead atoms. The molecule has 1 fully saturated rings. The number of Topliss-reactive ketones (excluding diaryl/α,β-unsaturated/α-hetero) is 1. The summed E-state index contributed by atoms with van der Waals surface area (Å²) in [5.74, 6) is 0.353. The summed E-state index contributed by atoms with van der Waals surface area (Å²) in [5, 5.41) is 4.92. The van der Waals surface area contributed by atoms with E-state index in [1.807, 2.05) is 30.0 Å². The van der Waals surface area contributed by atoms with Crippen LogP contribution in [0.3, 0.4) is 0 Å². The minimum absolute atomic E-state index is 0.0703. The number of carbonyl (C=O) groups excluding carboxylic acids is 1. The van der Waals surface area contributed by atoms with E-state index in [4.69, 9.17) is 16.3 Å². The number of carbonyl (C=O) groups is 1. The molecule has 0 amide bonds. The van der Waals surface area contributed by atoms with Gasteiger partial charge in [0.1, 0.15) is 0 Å². The number of anilines is 1. The zero-order valence-electron chi connectivity index (χ0n) is 11.6. The summed E-state index contributed by atoms with van der Waals surface area (Å²) in [5.41, 5.74) is 4.63. The molecule has 1 heterocycles. The van der Waals surface area contributed by atoms with Crippen molar-refractivity contribution >= 4 is 28.9 Å². The summed E-state index contributed by atoms with van der Waals surface area (Å²) < 4.78 is 5.28. The first-order chi connectivity index (χ1) is 9.59. The number of hydrogen-bond acceptors (Lipinski definition) is 4. The molecule has 1 saturated heterocycles. The molecule has 1 aliphatic heterocycles. The molecular weight excluding hydrogens is 278 g/mol. The zero-order valence-corrected chi connectivity index (χ0v) is 12.4. The monoisotopic (exact) mass is 295 g/mol. The van der Waals surface area contributed by atoms with Crippen LogP contribution in [0.25, 0.3) is 0 Å². The molecule has 0 saturated carbocycles. The number of nitrogens with one attached hydrogen (secondary N) is 1. The van der Waals surface area contributed by atoms with Crippen molar-refractivity contribution < 1.29 is 9.53 Å². The van der Waals surface area contributed by atoms with E-state index in [1.54, 1.807) is 0 Å². The van der Waals surface area contributed by atoms with Crippen LogP contribution >= 0.6 is 11.6 Å². The molecule has 0 unspecified atom stereocenters. The van der Waals surface area contributed by atoms with Gasteiger partial charge in [0.15, 0.2) is 11.6 Å². The number of rotatable bonds is 3. The van der Waals surface area contributed by atoms with Crippen molar-refractivity contribution in [2.75, 3.05) is 31.7 Å². The maximum Gasteiger partial charge on any atom is 0.196 e. The molecule has 5 nitrogen and oxygen atoms in total. The lowest BCUT2D eigenvalue weighted by atomic mass is 10.2. The van der Waals surface area contributed by atoms with Gasteiger partial charge in [-0.15, -0.1) is 0 Å². The lowest BCUT2D eigenvalue weighted by Crippen LogP contribution is -2.44. The number of ether oxygens (including phenoxy) is 1. The highest BCUT2D eigenvalue weighted by Gasteiger charge is 2.19. The van der Waals surface area contributed by atoms with Crippen LogP contribution < -0.4 is 5.43 Å². The second-order valence-corrected chi connectivity index (χ2v) is 5.02. The summed E-state index contributed by atoms with van der Waals surface area (Å²) in [6.45, 7) is 6.00. The van der Waals surface area contributed by atoms with Gasteiger partial charge in [-0.05, 0) is 24.6 Å². The van der Waals surface area contributed by atoms with Gasteiger partial charge in [-0.1, -0.05) is 17.7 Å². The van der Waals surface area contributed by atoms with Crippen LogP contribution in [-0.4, -0.2) is 42.8 Å². The highest BCUT2D eigenvalue weighted by Crippen LogP contribution is 2.22. The van der Waals surface area contributed by atoms with Crippen molar-refractivity contribution in [1.29, 1.82) is 0 Å². The largest absolute Gasteiger partial charge is 0.378 e. The Hall–Kier alpha value is -1.59. The van der Waals surface area contributed by atoms with Crippen LogP contribution in [0.2, 0.25) is 5.02 Å². The Morgan fingerprint density at radius 2 is 2.10 bits per heavy atom. The molecule has 1 aromatic carbocycles. The van der Waals surface area contributed by atoms with Crippen molar-refractivity contribution in [1.82, 2.24) is 4.90 Å². The molecule has 0 aromatic heterocycles. The van der Waals surface area contributed by atoms with Gasteiger partial charge in [-0.25, -0.2) is 0 Å². The summed E-state index contributed by atoms with van der Waals surface area (Å²) in [7, 11) is 0. The first-order valence-corrected chi connectivity index (χ1v) is 6.90. The number of ketones is 1. The lowest BCUT2D eigenvalue weighted by Gasteiger charge is -2.28. The van der Waals surface area contributed by atoms with Gasteiger partial charge in [0.2, 0.25) is 0 Å². The van der Waals surface area contributed by atoms with Gasteiger partial charge in [-0.2, -0.15) is 5.10 Å². The second-order valence-electron chi connectivity index (χ2n) is 4.62. The van der Waals surface area contributed by atoms with Gasteiger partial charge < -0.3 is 9.64 Å². The smallest absolute Gasteiger partial charge is 0.196 e. The average molecular weight is 296 g/mol. The normalized spacial score (nSPS) is 16.1. The third kappa shape index (κ3) is 3.49. The fourth-order valence-corrected chi connectivity index (χ4v) is 2.16. The Labute approximate surface area is 123 Å². The number of morpholine rings is 1. The van der Waals surface area contributed by atoms with Gasteiger partial charge in [0.05, 0.1) is 18.9 Å². The molecule has 0 radical (unpaired) electrons. The molecule has 108 valence electrons.